The standard InChI is InChI=1S/C49H32N4O/c1-29-14-13-15-30(28-29)46-32-18-5-9-22-37(32)50-49(51-46)53-39-24-11-6-19-33(39)42-36-26-27-41-43(35-21-8-12-25-40(35)54-41)44(36)45-34-20-7-10-23-38(34)52(48(45)47(42)53)31-16-3-2-4-17-31/h2-27,29H,28H2,1H3. The lowest BCUT2D eigenvalue weighted by molar-refractivity contribution is 0.669. The first kappa shape index (κ1) is 29.6. The first-order chi connectivity index (χ1) is 26.7. The maximum Gasteiger partial charge on any atom is 0.235 e. The molecule has 5 heteroatoms. The summed E-state index contributed by atoms with van der Waals surface area (Å²) in [5.41, 5.74) is 10.4. The van der Waals surface area contributed by atoms with Crippen LogP contribution in [0.1, 0.15) is 19.0 Å². The van der Waals surface area contributed by atoms with Crippen molar-refractivity contribution < 1.29 is 4.42 Å². The van der Waals surface area contributed by atoms with Crippen molar-refractivity contribution in [2.24, 2.45) is 5.92 Å². The number of benzene rings is 7. The Morgan fingerprint density at radius 2 is 1.20 bits per heavy atom. The normalized spacial score (nSPS) is 14.9. The van der Waals surface area contributed by atoms with E-state index in [2.05, 4.69) is 168 Å². The van der Waals surface area contributed by atoms with E-state index in [1.165, 1.54) is 32.5 Å². The highest BCUT2D eigenvalue weighted by Gasteiger charge is 2.28. The van der Waals surface area contributed by atoms with Gasteiger partial charge in [0.15, 0.2) is 0 Å². The summed E-state index contributed by atoms with van der Waals surface area (Å²) in [4.78, 5) is 11.0. The Balaban J connectivity index is 1.37. The van der Waals surface area contributed by atoms with Crippen LogP contribution in [0.3, 0.4) is 0 Å². The fourth-order valence-electron chi connectivity index (χ4n) is 9.22. The highest BCUT2D eigenvalue weighted by Crippen LogP contribution is 2.49. The second-order valence-corrected chi connectivity index (χ2v) is 14.6. The maximum absolute atomic E-state index is 6.56. The van der Waals surface area contributed by atoms with Gasteiger partial charge in [0, 0.05) is 48.8 Å². The van der Waals surface area contributed by atoms with Crippen LogP contribution >= 0.6 is 0 Å². The van der Waals surface area contributed by atoms with E-state index < -0.39 is 0 Å². The summed E-state index contributed by atoms with van der Waals surface area (Å²) in [6, 6.07) is 49.6. The minimum Gasteiger partial charge on any atom is -0.456 e. The maximum atomic E-state index is 6.56. The SMILES string of the molecule is CC1C=CC=C(c2nc(-n3c4ccccc4c4c5ccc6oc7ccccc7c6c5c5c6ccccc6n(-c6ccccc6)c5c43)nc3ccccc23)C1. The minimum atomic E-state index is 0.429. The van der Waals surface area contributed by atoms with Crippen LogP contribution in [0.15, 0.2) is 162 Å². The van der Waals surface area contributed by atoms with Gasteiger partial charge in [-0.25, -0.2) is 9.97 Å². The van der Waals surface area contributed by atoms with Crippen LogP contribution in [0.25, 0.3) is 104 Å². The molecule has 11 aromatic rings. The molecule has 0 amide bonds. The molecule has 0 radical (unpaired) electrons. The summed E-state index contributed by atoms with van der Waals surface area (Å²) in [7, 11) is 0. The van der Waals surface area contributed by atoms with Gasteiger partial charge in [0.05, 0.1) is 33.3 Å². The fourth-order valence-corrected chi connectivity index (χ4v) is 9.22. The first-order valence-electron chi connectivity index (χ1n) is 18.7. The van der Waals surface area contributed by atoms with Gasteiger partial charge in [-0.05, 0) is 71.8 Å². The van der Waals surface area contributed by atoms with Gasteiger partial charge >= 0.3 is 0 Å². The third-order valence-electron chi connectivity index (χ3n) is 11.4. The number of nitrogens with zero attached hydrogens (tertiary/aromatic N) is 4. The predicted octanol–water partition coefficient (Wildman–Crippen LogP) is 12.9. The summed E-state index contributed by atoms with van der Waals surface area (Å²) in [5.74, 6) is 1.09. The molecule has 0 bridgehead atoms. The van der Waals surface area contributed by atoms with Crippen molar-refractivity contribution in [2.75, 3.05) is 0 Å². The zero-order valence-electron chi connectivity index (χ0n) is 29.5. The van der Waals surface area contributed by atoms with Gasteiger partial charge < -0.3 is 8.98 Å². The van der Waals surface area contributed by atoms with Crippen molar-refractivity contribution in [3.63, 3.8) is 0 Å². The topological polar surface area (TPSA) is 48.8 Å². The van der Waals surface area contributed by atoms with Gasteiger partial charge in [-0.15, -0.1) is 0 Å². The van der Waals surface area contributed by atoms with E-state index in [9.17, 15) is 0 Å². The van der Waals surface area contributed by atoms with Crippen LogP contribution in [0.5, 0.6) is 0 Å². The highest BCUT2D eigenvalue weighted by molar-refractivity contribution is 6.41. The predicted molar refractivity (Wildman–Crippen MR) is 224 cm³/mol. The third kappa shape index (κ3) is 3.98. The van der Waals surface area contributed by atoms with Gasteiger partial charge in [0.25, 0.3) is 0 Å². The third-order valence-corrected chi connectivity index (χ3v) is 11.4. The van der Waals surface area contributed by atoms with Crippen molar-refractivity contribution in [3.05, 3.63) is 163 Å². The lowest BCUT2D eigenvalue weighted by Crippen LogP contribution is -2.07. The van der Waals surface area contributed by atoms with E-state index in [-0.39, 0.29) is 0 Å². The zero-order valence-corrected chi connectivity index (χ0v) is 29.5. The second-order valence-electron chi connectivity index (χ2n) is 14.6. The van der Waals surface area contributed by atoms with Gasteiger partial charge in [-0.3, -0.25) is 4.57 Å². The second kappa shape index (κ2) is 11.0. The summed E-state index contributed by atoms with van der Waals surface area (Å²) in [6.07, 6.45) is 7.60. The van der Waals surface area contributed by atoms with E-state index in [0.29, 0.717) is 11.9 Å². The van der Waals surface area contributed by atoms with Crippen LogP contribution in [-0.4, -0.2) is 19.1 Å². The number of furan rings is 1. The molecule has 0 saturated carbocycles. The Hall–Kier alpha value is -6.98. The number of para-hydroxylation sites is 5. The van der Waals surface area contributed by atoms with Crippen molar-refractivity contribution >= 4 is 92.8 Å². The molecule has 1 aliphatic rings. The van der Waals surface area contributed by atoms with E-state index >= 15 is 0 Å². The Kier molecular flexibility index (Phi) is 6.03. The van der Waals surface area contributed by atoms with Crippen LogP contribution < -0.4 is 0 Å². The molecule has 0 saturated heterocycles. The molecular formula is C49H32N4O. The summed E-state index contributed by atoms with van der Waals surface area (Å²) in [6.45, 7) is 2.27. The van der Waals surface area contributed by atoms with Crippen molar-refractivity contribution in [1.82, 2.24) is 19.1 Å². The smallest absolute Gasteiger partial charge is 0.235 e. The fraction of sp³-hybridized carbons (Fsp3) is 0.0612. The largest absolute Gasteiger partial charge is 0.456 e. The van der Waals surface area contributed by atoms with Crippen molar-refractivity contribution in [1.29, 1.82) is 0 Å². The van der Waals surface area contributed by atoms with E-state index in [1.54, 1.807) is 0 Å². The molecule has 0 aliphatic heterocycles. The van der Waals surface area contributed by atoms with Crippen LogP contribution in [-0.2, 0) is 0 Å². The number of hydrogen-bond donors (Lipinski definition) is 0. The van der Waals surface area contributed by atoms with Crippen LogP contribution in [0.4, 0.5) is 0 Å². The van der Waals surface area contributed by atoms with Crippen LogP contribution in [0, 0.1) is 5.92 Å². The molecule has 4 aromatic heterocycles. The molecule has 1 aliphatic carbocycles. The van der Waals surface area contributed by atoms with Crippen molar-refractivity contribution in [2.45, 2.75) is 13.3 Å². The molecule has 7 aromatic carbocycles. The Labute approximate surface area is 309 Å². The van der Waals surface area contributed by atoms with E-state index in [1.807, 2.05) is 6.07 Å². The molecule has 4 heterocycles. The summed E-state index contributed by atoms with van der Waals surface area (Å²) >= 11 is 0. The number of rotatable bonds is 3. The van der Waals surface area contributed by atoms with E-state index in [4.69, 9.17) is 14.4 Å². The molecular weight excluding hydrogens is 661 g/mol. The summed E-state index contributed by atoms with van der Waals surface area (Å²) in [5, 5.41) is 10.4. The first-order valence-corrected chi connectivity index (χ1v) is 18.7. The van der Waals surface area contributed by atoms with Gasteiger partial charge in [-0.1, -0.05) is 116 Å². The molecule has 1 unspecified atom stereocenters. The lowest BCUT2D eigenvalue weighted by Gasteiger charge is -2.18. The van der Waals surface area contributed by atoms with Gasteiger partial charge in [0.1, 0.15) is 11.2 Å². The van der Waals surface area contributed by atoms with Gasteiger partial charge in [-0.2, -0.15) is 0 Å². The molecule has 1 atom stereocenters. The minimum absolute atomic E-state index is 0.429. The number of fused-ring (bicyclic) bond motifs is 15. The number of hydrogen-bond acceptors (Lipinski definition) is 3. The summed E-state index contributed by atoms with van der Waals surface area (Å²) < 4.78 is 11.3. The molecule has 12 rings (SSSR count). The molecule has 54 heavy (non-hydrogen) atoms. The molecule has 0 fully saturated rings. The molecule has 0 N–H and O–H groups in total. The molecule has 0 spiro atoms. The van der Waals surface area contributed by atoms with E-state index in [0.717, 1.165) is 78.1 Å². The highest BCUT2D eigenvalue weighted by atomic mass is 16.3. The number of aromatic nitrogens is 4. The quantitative estimate of drug-likeness (QED) is 0.185. The Bertz CT molecular complexity index is 3430. The average molecular weight is 693 g/mol. The Morgan fingerprint density at radius 1 is 0.537 bits per heavy atom. The zero-order chi connectivity index (χ0) is 35.5. The van der Waals surface area contributed by atoms with Crippen LogP contribution in [0.2, 0.25) is 0 Å². The number of allylic oxidation sites excluding steroid dienone is 4. The monoisotopic (exact) mass is 692 g/mol. The van der Waals surface area contributed by atoms with Gasteiger partial charge in [0.2, 0.25) is 5.95 Å². The molecule has 254 valence electrons. The lowest BCUT2D eigenvalue weighted by atomic mass is 9.92. The Morgan fingerprint density at radius 3 is 2.02 bits per heavy atom. The average Bonchev–Trinajstić information content (AvgIpc) is 3.89. The van der Waals surface area contributed by atoms with Crippen molar-refractivity contribution in [3.8, 4) is 11.6 Å². The molecule has 5 nitrogen and oxygen atoms in total.